The van der Waals surface area contributed by atoms with Crippen LogP contribution in [0.3, 0.4) is 0 Å². The summed E-state index contributed by atoms with van der Waals surface area (Å²) in [6.07, 6.45) is 5.52. The number of carbonyl (C=O) groups is 3. The van der Waals surface area contributed by atoms with Gasteiger partial charge in [-0.1, -0.05) is 35.5 Å². The minimum Gasteiger partial charge on any atom is -0.548 e. The Kier molecular flexibility index (Phi) is 7.73. The third kappa shape index (κ3) is 5.39. The number of nitrogens with zero attached hydrogens (tertiary/aromatic N) is 5. The van der Waals surface area contributed by atoms with Crippen LogP contribution in [0.15, 0.2) is 82.6 Å². The van der Waals surface area contributed by atoms with Crippen LogP contribution in [0.2, 0.25) is 0 Å². The van der Waals surface area contributed by atoms with E-state index in [1.54, 1.807) is 10.8 Å². The number of nitrogens with one attached hydrogen (secondary N) is 1. The maximum atomic E-state index is 13.2. The Bertz CT molecular complexity index is 1770. The van der Waals surface area contributed by atoms with Crippen molar-refractivity contribution in [2.24, 2.45) is 5.16 Å². The van der Waals surface area contributed by atoms with Crippen molar-refractivity contribution >= 4 is 57.4 Å². The summed E-state index contributed by atoms with van der Waals surface area (Å²) < 4.78 is 9.86. The number of aliphatic carboxylic acids is 1. The largest absolute Gasteiger partial charge is 0.548 e. The monoisotopic (exact) mass is 619 g/mol. The smallest absolute Gasteiger partial charge is 0.329 e. The number of imidazole rings is 1. The van der Waals surface area contributed by atoms with Crippen LogP contribution >= 0.6 is 23.1 Å². The average molecular weight is 620 g/mol. The Hall–Kier alpha value is -4.89. The number of carbonyl (C=O) groups excluding carboxylic acids is 3. The number of rotatable bonds is 10. The molecule has 4 aromatic rings. The van der Waals surface area contributed by atoms with E-state index in [1.807, 2.05) is 70.0 Å². The van der Waals surface area contributed by atoms with Crippen molar-refractivity contribution in [2.75, 3.05) is 12.8 Å². The normalized spacial score (nSPS) is 19.8. The van der Waals surface area contributed by atoms with Crippen LogP contribution in [0.25, 0.3) is 5.65 Å². The number of carboxylic acid groups (broad SMARTS) is 1. The van der Waals surface area contributed by atoms with Crippen molar-refractivity contribution in [3.05, 3.63) is 88.7 Å². The van der Waals surface area contributed by atoms with E-state index < -0.39 is 35.2 Å². The lowest BCUT2D eigenvalue weighted by Crippen LogP contribution is -2.75. The van der Waals surface area contributed by atoms with Gasteiger partial charge < -0.3 is 35.4 Å². The molecular weight excluding hydrogens is 594 g/mol. The maximum Gasteiger partial charge on any atom is 0.329 e. The molecule has 2 aliphatic heterocycles. The molecule has 3 atom stereocenters. The summed E-state index contributed by atoms with van der Waals surface area (Å²) in [5.41, 5.74) is 7.90. The van der Waals surface area contributed by atoms with Crippen LogP contribution in [0, 0.1) is 0 Å². The molecule has 3 aromatic heterocycles. The molecule has 15 heteroatoms. The Morgan fingerprint density at radius 1 is 1.21 bits per heavy atom. The number of fused-ring (bicyclic) bond motifs is 2. The number of ether oxygens (including phenoxy) is 1. The van der Waals surface area contributed by atoms with E-state index in [-0.39, 0.29) is 23.1 Å². The topological polar surface area (TPSA) is 168 Å². The van der Waals surface area contributed by atoms with Crippen molar-refractivity contribution in [3.63, 3.8) is 0 Å². The highest BCUT2D eigenvalue weighted by Crippen LogP contribution is 2.40. The molecule has 1 aromatic carbocycles. The second-order valence-corrected chi connectivity index (χ2v) is 11.5. The van der Waals surface area contributed by atoms with E-state index in [0.29, 0.717) is 17.9 Å². The van der Waals surface area contributed by atoms with E-state index in [2.05, 4.69) is 15.5 Å². The van der Waals surface area contributed by atoms with Crippen LogP contribution in [0.4, 0.5) is 5.13 Å². The first kappa shape index (κ1) is 28.2. The first-order valence-corrected chi connectivity index (χ1v) is 14.8. The summed E-state index contributed by atoms with van der Waals surface area (Å²) in [4.78, 5) is 48.7. The van der Waals surface area contributed by atoms with E-state index in [1.165, 1.54) is 23.8 Å². The number of thioether (sulfide) groups is 1. The number of anilines is 1. The molecule has 43 heavy (non-hydrogen) atoms. The third-order valence-electron chi connectivity index (χ3n) is 6.97. The summed E-state index contributed by atoms with van der Waals surface area (Å²) in [5, 5.41) is 21.6. The van der Waals surface area contributed by atoms with Gasteiger partial charge in [0.1, 0.15) is 49.8 Å². The molecule has 5 heterocycles. The van der Waals surface area contributed by atoms with Crippen molar-refractivity contribution in [2.45, 2.75) is 30.6 Å². The van der Waals surface area contributed by atoms with Gasteiger partial charge in [0.15, 0.2) is 10.8 Å². The predicted molar refractivity (Wildman–Crippen MR) is 155 cm³/mol. The van der Waals surface area contributed by atoms with Gasteiger partial charge in [0.2, 0.25) is 11.7 Å². The van der Waals surface area contributed by atoms with E-state index >= 15 is 0 Å². The van der Waals surface area contributed by atoms with Gasteiger partial charge in [0, 0.05) is 11.0 Å². The molecule has 0 aliphatic carbocycles. The van der Waals surface area contributed by atoms with Crippen LogP contribution in [-0.4, -0.2) is 62.5 Å². The number of carboxylic acids is 1. The first-order valence-electron chi connectivity index (χ1n) is 13.0. The molecule has 1 unspecified atom stereocenters. The minimum absolute atomic E-state index is 0.155. The molecule has 3 N–H and O–H groups in total. The summed E-state index contributed by atoms with van der Waals surface area (Å²) in [7, 11) is 1.28. The number of pyridine rings is 1. The van der Waals surface area contributed by atoms with Crippen molar-refractivity contribution in [3.8, 4) is 5.75 Å². The highest BCUT2D eigenvalue weighted by atomic mass is 32.2. The van der Waals surface area contributed by atoms with Crippen LogP contribution < -0.4 is 25.3 Å². The standard InChI is InChI=1S/C28H25N7O6S2/c1-40-32-20(18-15-43-28(29)30-18)23(36)31-21-25(37)35-22(27(38)39)17(14-42-26(21)35)12-34-11-10-33-9-5-8-19(24(33)34)41-13-16-6-3-2-4-7-16/h2-11,14-15,21-22,26H,12-13H2,1H3,(H3-,29,30,31,36,38,39)/b32-20-/t21-,22?,26+/m1/s1. The quantitative estimate of drug-likeness (QED) is 0.110. The first-order chi connectivity index (χ1) is 20.9. The fourth-order valence-corrected chi connectivity index (χ4v) is 6.79. The number of thiazole rings is 1. The SMILES string of the molecule is CO/N=C(\C(=O)N[C@@H]1C(=O)N2C(C(=O)[O-])C(Cn3cc[n+]4cccc(OCc5ccccc5)c34)=CS[C@@H]12)c1csc(N)n1. The van der Waals surface area contributed by atoms with Crippen molar-refractivity contribution in [1.29, 1.82) is 0 Å². The lowest BCUT2D eigenvalue weighted by atomic mass is 9.97. The van der Waals surface area contributed by atoms with Gasteiger partial charge in [0.05, 0.1) is 18.2 Å². The lowest BCUT2D eigenvalue weighted by Gasteiger charge is -2.52. The molecule has 0 radical (unpaired) electrons. The average Bonchev–Trinajstić information content (AvgIpc) is 3.63. The molecule has 1 saturated heterocycles. The molecule has 6 rings (SSSR count). The molecule has 0 bridgehead atoms. The summed E-state index contributed by atoms with van der Waals surface area (Å²) in [5.74, 6) is -2.07. The second-order valence-electron chi connectivity index (χ2n) is 9.63. The van der Waals surface area contributed by atoms with Gasteiger partial charge >= 0.3 is 5.65 Å². The van der Waals surface area contributed by atoms with Crippen molar-refractivity contribution < 1.29 is 33.5 Å². The second kappa shape index (κ2) is 11.8. The van der Waals surface area contributed by atoms with Crippen LogP contribution in [0.1, 0.15) is 11.3 Å². The van der Waals surface area contributed by atoms with Crippen LogP contribution in [-0.2, 0) is 32.4 Å². The lowest BCUT2D eigenvalue weighted by molar-refractivity contribution is -0.511. The molecular formula is C28H25N7O6S2. The van der Waals surface area contributed by atoms with E-state index in [0.717, 1.165) is 22.5 Å². The number of hydrogen-bond donors (Lipinski definition) is 2. The predicted octanol–water partition coefficient (Wildman–Crippen LogP) is 0.298. The molecule has 2 amide bonds. The van der Waals surface area contributed by atoms with Gasteiger partial charge in [-0.25, -0.2) is 9.55 Å². The van der Waals surface area contributed by atoms with E-state index in [4.69, 9.17) is 15.3 Å². The fraction of sp³-hybridized carbons (Fsp3) is 0.214. The number of hydrogen-bond acceptors (Lipinski definition) is 11. The third-order valence-corrected chi connectivity index (χ3v) is 8.86. The number of nitrogens with two attached hydrogens (primary N) is 1. The zero-order chi connectivity index (χ0) is 30.1. The van der Waals surface area contributed by atoms with E-state index in [9.17, 15) is 19.5 Å². The molecule has 0 spiro atoms. The highest BCUT2D eigenvalue weighted by Gasteiger charge is 2.54. The Labute approximate surface area is 253 Å². The Balaban J connectivity index is 1.21. The van der Waals surface area contributed by atoms with Gasteiger partial charge in [-0.3, -0.25) is 9.59 Å². The molecule has 1 fully saturated rings. The zero-order valence-electron chi connectivity index (χ0n) is 22.7. The minimum atomic E-state index is -1.42. The molecule has 13 nitrogen and oxygen atoms in total. The maximum absolute atomic E-state index is 13.2. The number of amides is 2. The number of β-lactam (4-membered cyclic amide) rings is 1. The summed E-state index contributed by atoms with van der Waals surface area (Å²) in [6.45, 7) is 0.521. The van der Waals surface area contributed by atoms with Crippen molar-refractivity contribution in [1.82, 2.24) is 19.8 Å². The summed E-state index contributed by atoms with van der Waals surface area (Å²) >= 11 is 2.36. The number of oxime groups is 1. The summed E-state index contributed by atoms with van der Waals surface area (Å²) in [6, 6.07) is 11.1. The number of aromatic nitrogens is 3. The highest BCUT2D eigenvalue weighted by molar-refractivity contribution is 8.02. The molecule has 2 aliphatic rings. The molecule has 220 valence electrons. The Morgan fingerprint density at radius 2 is 2.02 bits per heavy atom. The number of nitrogen functional groups attached to an aromatic ring is 1. The molecule has 0 saturated carbocycles. The Morgan fingerprint density at radius 3 is 2.74 bits per heavy atom. The zero-order valence-corrected chi connectivity index (χ0v) is 24.3. The van der Waals surface area contributed by atoms with Gasteiger partial charge in [-0.2, -0.15) is 4.40 Å². The van der Waals surface area contributed by atoms with Gasteiger partial charge in [-0.05, 0) is 23.1 Å². The van der Waals surface area contributed by atoms with Gasteiger partial charge in [-0.15, -0.1) is 23.1 Å². The number of benzene rings is 1. The fourth-order valence-electron chi connectivity index (χ4n) is 5.03. The van der Waals surface area contributed by atoms with Crippen LogP contribution in [0.5, 0.6) is 5.75 Å². The van der Waals surface area contributed by atoms with Gasteiger partial charge in [0.25, 0.3) is 5.91 Å².